The molecule has 0 spiro atoms. The van der Waals surface area contributed by atoms with E-state index in [1.54, 1.807) is 24.3 Å². The van der Waals surface area contributed by atoms with Crippen LogP contribution in [0.2, 0.25) is 5.02 Å². The lowest BCUT2D eigenvalue weighted by atomic mass is 10.2. The van der Waals surface area contributed by atoms with Gasteiger partial charge in [-0.15, -0.1) is 10.2 Å². The van der Waals surface area contributed by atoms with E-state index in [-0.39, 0.29) is 24.9 Å². The molecular formula is C17H12ClFN2O4. The molecule has 3 rings (SSSR count). The van der Waals surface area contributed by atoms with Crippen LogP contribution in [-0.2, 0) is 16.1 Å². The summed E-state index contributed by atoms with van der Waals surface area (Å²) in [4.78, 5) is 11.6. The Bertz CT molecular complexity index is 850. The zero-order valence-electron chi connectivity index (χ0n) is 12.8. The zero-order valence-corrected chi connectivity index (χ0v) is 13.6. The van der Waals surface area contributed by atoms with E-state index < -0.39 is 5.97 Å². The average molecular weight is 363 g/mol. The Morgan fingerprint density at radius 3 is 2.52 bits per heavy atom. The van der Waals surface area contributed by atoms with Gasteiger partial charge in [0.1, 0.15) is 11.6 Å². The number of benzene rings is 2. The van der Waals surface area contributed by atoms with Gasteiger partial charge in [-0.1, -0.05) is 11.6 Å². The summed E-state index contributed by atoms with van der Waals surface area (Å²) in [5.41, 5.74) is 0.703. The Morgan fingerprint density at radius 1 is 1.08 bits per heavy atom. The van der Waals surface area contributed by atoms with E-state index in [2.05, 4.69) is 10.2 Å². The maximum Gasteiger partial charge on any atom is 0.344 e. The number of ether oxygens (including phenoxy) is 2. The Balaban J connectivity index is 1.49. The standard InChI is InChI=1S/C17H12ClFN2O4/c18-12-3-1-11(2-4-12)17-21-20-15(25-17)9-24-16(22)10-23-14-7-5-13(19)6-8-14/h1-8H,9-10H2. The van der Waals surface area contributed by atoms with Crippen LogP contribution in [-0.4, -0.2) is 22.8 Å². The van der Waals surface area contributed by atoms with Gasteiger partial charge < -0.3 is 13.9 Å². The summed E-state index contributed by atoms with van der Waals surface area (Å²) >= 11 is 5.82. The molecule has 6 nitrogen and oxygen atoms in total. The minimum atomic E-state index is -0.615. The Hall–Kier alpha value is -2.93. The maximum absolute atomic E-state index is 12.8. The fourth-order valence-corrected chi connectivity index (χ4v) is 2.00. The van der Waals surface area contributed by atoms with Crippen molar-refractivity contribution in [2.75, 3.05) is 6.61 Å². The van der Waals surface area contributed by atoms with Gasteiger partial charge in [-0.2, -0.15) is 0 Å². The number of aromatic nitrogens is 2. The summed E-state index contributed by atoms with van der Waals surface area (Å²) in [6.07, 6.45) is 0. The second-order valence-corrected chi connectivity index (χ2v) is 5.35. The number of esters is 1. The van der Waals surface area contributed by atoms with E-state index in [0.29, 0.717) is 22.2 Å². The molecule has 0 unspecified atom stereocenters. The van der Waals surface area contributed by atoms with Gasteiger partial charge in [0.05, 0.1) is 0 Å². The highest BCUT2D eigenvalue weighted by molar-refractivity contribution is 6.30. The number of carbonyl (C=O) groups excluding carboxylic acids is 1. The molecule has 3 aromatic rings. The van der Waals surface area contributed by atoms with Gasteiger partial charge in [0, 0.05) is 10.6 Å². The largest absolute Gasteiger partial charge is 0.482 e. The van der Waals surface area contributed by atoms with Crippen molar-refractivity contribution in [1.82, 2.24) is 10.2 Å². The van der Waals surface area contributed by atoms with Gasteiger partial charge in [-0.05, 0) is 48.5 Å². The number of carbonyl (C=O) groups is 1. The molecular weight excluding hydrogens is 351 g/mol. The number of hydrogen-bond acceptors (Lipinski definition) is 6. The van der Waals surface area contributed by atoms with Crippen molar-refractivity contribution >= 4 is 17.6 Å². The van der Waals surface area contributed by atoms with E-state index >= 15 is 0 Å². The van der Waals surface area contributed by atoms with E-state index in [9.17, 15) is 9.18 Å². The van der Waals surface area contributed by atoms with E-state index in [1.807, 2.05) is 0 Å². The van der Waals surface area contributed by atoms with Crippen LogP contribution in [0.4, 0.5) is 4.39 Å². The third-order valence-corrected chi connectivity index (χ3v) is 3.34. The highest BCUT2D eigenvalue weighted by Crippen LogP contribution is 2.20. The first-order chi connectivity index (χ1) is 12.1. The SMILES string of the molecule is O=C(COc1ccc(F)cc1)OCc1nnc(-c2ccc(Cl)cc2)o1. The highest BCUT2D eigenvalue weighted by Gasteiger charge is 2.11. The Labute approximate surface area is 147 Å². The Morgan fingerprint density at radius 2 is 1.80 bits per heavy atom. The van der Waals surface area contributed by atoms with Crippen LogP contribution >= 0.6 is 11.6 Å². The summed E-state index contributed by atoms with van der Waals surface area (Å²) in [6.45, 7) is -0.490. The van der Waals surface area contributed by atoms with Crippen molar-refractivity contribution in [2.24, 2.45) is 0 Å². The molecule has 0 saturated carbocycles. The third-order valence-electron chi connectivity index (χ3n) is 3.08. The predicted octanol–water partition coefficient (Wildman–Crippen LogP) is 3.65. The smallest absolute Gasteiger partial charge is 0.344 e. The first-order valence-electron chi connectivity index (χ1n) is 7.22. The normalized spacial score (nSPS) is 10.5. The molecule has 0 aliphatic carbocycles. The van der Waals surface area contributed by atoms with Gasteiger partial charge in [-0.3, -0.25) is 0 Å². The molecule has 2 aromatic carbocycles. The molecule has 0 fully saturated rings. The summed E-state index contributed by atoms with van der Waals surface area (Å²) in [5.74, 6) is -0.190. The summed E-state index contributed by atoms with van der Waals surface area (Å²) < 4.78 is 28.3. The average Bonchev–Trinajstić information content (AvgIpc) is 3.09. The number of halogens is 2. The first kappa shape index (κ1) is 16.9. The molecule has 0 amide bonds. The van der Waals surface area contributed by atoms with Gasteiger partial charge in [-0.25, -0.2) is 9.18 Å². The van der Waals surface area contributed by atoms with Crippen LogP contribution in [0.1, 0.15) is 5.89 Å². The monoisotopic (exact) mass is 362 g/mol. The summed E-state index contributed by atoms with van der Waals surface area (Å²) in [5, 5.41) is 8.28. The first-order valence-corrected chi connectivity index (χ1v) is 7.60. The lowest BCUT2D eigenvalue weighted by Gasteiger charge is -2.05. The van der Waals surface area contributed by atoms with Crippen LogP contribution in [0, 0.1) is 5.82 Å². The molecule has 25 heavy (non-hydrogen) atoms. The molecule has 0 bridgehead atoms. The number of rotatable bonds is 6. The van der Waals surface area contributed by atoms with Crippen molar-refractivity contribution in [3.8, 4) is 17.2 Å². The second-order valence-electron chi connectivity index (χ2n) is 4.91. The Kier molecular flexibility index (Phi) is 5.25. The van der Waals surface area contributed by atoms with Crippen LogP contribution < -0.4 is 4.74 Å². The van der Waals surface area contributed by atoms with E-state index in [0.717, 1.165) is 0 Å². The van der Waals surface area contributed by atoms with Crippen molar-refractivity contribution in [3.63, 3.8) is 0 Å². The zero-order chi connectivity index (χ0) is 17.6. The van der Waals surface area contributed by atoms with Crippen molar-refractivity contribution in [3.05, 3.63) is 65.3 Å². The second kappa shape index (κ2) is 7.76. The van der Waals surface area contributed by atoms with Gasteiger partial charge in [0.2, 0.25) is 5.89 Å². The van der Waals surface area contributed by atoms with Crippen LogP contribution in [0.3, 0.4) is 0 Å². The van der Waals surface area contributed by atoms with Gasteiger partial charge in [0.25, 0.3) is 5.89 Å². The molecule has 0 aliphatic rings. The molecule has 0 N–H and O–H groups in total. The lowest BCUT2D eigenvalue weighted by molar-refractivity contribution is -0.148. The van der Waals surface area contributed by atoms with Crippen LogP contribution in [0.5, 0.6) is 5.75 Å². The number of nitrogens with zero attached hydrogens (tertiary/aromatic N) is 2. The van der Waals surface area contributed by atoms with E-state index in [1.165, 1.54) is 24.3 Å². The van der Waals surface area contributed by atoms with Crippen LogP contribution in [0.15, 0.2) is 52.9 Å². The molecule has 8 heteroatoms. The van der Waals surface area contributed by atoms with Gasteiger partial charge >= 0.3 is 5.97 Å². The van der Waals surface area contributed by atoms with Crippen molar-refractivity contribution in [1.29, 1.82) is 0 Å². The van der Waals surface area contributed by atoms with Crippen molar-refractivity contribution < 1.29 is 23.1 Å². The van der Waals surface area contributed by atoms with Crippen molar-refractivity contribution in [2.45, 2.75) is 6.61 Å². The summed E-state index contributed by atoms with van der Waals surface area (Å²) in [7, 11) is 0. The predicted molar refractivity (Wildman–Crippen MR) is 86.4 cm³/mol. The lowest BCUT2D eigenvalue weighted by Crippen LogP contribution is -2.14. The maximum atomic E-state index is 12.8. The highest BCUT2D eigenvalue weighted by atomic mass is 35.5. The fourth-order valence-electron chi connectivity index (χ4n) is 1.88. The van der Waals surface area contributed by atoms with Crippen LogP contribution in [0.25, 0.3) is 11.5 Å². The number of hydrogen-bond donors (Lipinski definition) is 0. The topological polar surface area (TPSA) is 74.5 Å². The minimum absolute atomic E-state index is 0.153. The van der Waals surface area contributed by atoms with E-state index in [4.69, 9.17) is 25.5 Å². The molecule has 0 aliphatic heterocycles. The summed E-state index contributed by atoms with van der Waals surface area (Å²) in [6, 6.07) is 12.2. The molecule has 0 atom stereocenters. The third kappa shape index (κ3) is 4.77. The molecule has 0 radical (unpaired) electrons. The van der Waals surface area contributed by atoms with Gasteiger partial charge in [0.15, 0.2) is 13.2 Å². The molecule has 1 heterocycles. The molecule has 1 aromatic heterocycles. The minimum Gasteiger partial charge on any atom is -0.482 e. The quantitative estimate of drug-likeness (QED) is 0.623. The molecule has 128 valence electrons. The fraction of sp³-hybridized carbons (Fsp3) is 0.118. The molecule has 0 saturated heterocycles.